The highest BCUT2D eigenvalue weighted by atomic mass is 35.5. The SMILES string of the molecule is O=C(Nc1ccccc1)N1CCC(C(=O)N2CCN(CCOc3ccccc3Cl)CC2)CC1. The molecule has 2 aromatic rings. The molecule has 2 heterocycles. The van der Waals surface area contributed by atoms with Crippen LogP contribution in [0.4, 0.5) is 10.5 Å². The van der Waals surface area contributed by atoms with E-state index in [4.69, 9.17) is 16.3 Å². The maximum absolute atomic E-state index is 13.0. The van der Waals surface area contributed by atoms with Crippen molar-refractivity contribution in [2.75, 3.05) is 57.7 Å². The van der Waals surface area contributed by atoms with E-state index in [0.29, 0.717) is 43.3 Å². The summed E-state index contributed by atoms with van der Waals surface area (Å²) < 4.78 is 5.78. The van der Waals surface area contributed by atoms with E-state index in [1.165, 1.54) is 0 Å². The number of ether oxygens (including phenoxy) is 1. The van der Waals surface area contributed by atoms with E-state index in [0.717, 1.165) is 38.4 Å². The quantitative estimate of drug-likeness (QED) is 0.697. The lowest BCUT2D eigenvalue weighted by Crippen LogP contribution is -2.52. The third-order valence-corrected chi connectivity index (χ3v) is 6.65. The van der Waals surface area contributed by atoms with E-state index in [-0.39, 0.29) is 17.9 Å². The minimum absolute atomic E-state index is 0.000816. The smallest absolute Gasteiger partial charge is 0.321 e. The number of carbonyl (C=O) groups excluding carboxylic acids is 2. The molecule has 0 atom stereocenters. The number of urea groups is 1. The van der Waals surface area contributed by atoms with Gasteiger partial charge < -0.3 is 19.9 Å². The number of halogens is 1. The van der Waals surface area contributed by atoms with Gasteiger partial charge in [0.25, 0.3) is 0 Å². The molecule has 176 valence electrons. The number of nitrogens with zero attached hydrogens (tertiary/aromatic N) is 3. The summed E-state index contributed by atoms with van der Waals surface area (Å²) in [6, 6.07) is 16.8. The molecule has 0 aliphatic carbocycles. The number of hydrogen-bond donors (Lipinski definition) is 1. The molecule has 8 heteroatoms. The molecule has 0 saturated carbocycles. The minimum atomic E-state index is -0.0975. The number of carbonyl (C=O) groups is 2. The molecule has 0 spiro atoms. The average Bonchev–Trinajstić information content (AvgIpc) is 2.86. The van der Waals surface area contributed by atoms with Gasteiger partial charge >= 0.3 is 6.03 Å². The second-order valence-corrected chi connectivity index (χ2v) is 8.91. The van der Waals surface area contributed by atoms with Crippen LogP contribution in [0.3, 0.4) is 0 Å². The maximum atomic E-state index is 13.0. The molecular weight excluding hydrogens is 440 g/mol. The van der Waals surface area contributed by atoms with Crippen molar-refractivity contribution in [3.63, 3.8) is 0 Å². The van der Waals surface area contributed by atoms with Gasteiger partial charge in [0, 0.05) is 57.4 Å². The summed E-state index contributed by atoms with van der Waals surface area (Å²) in [6.07, 6.45) is 1.43. The fourth-order valence-corrected chi connectivity index (χ4v) is 4.54. The molecule has 2 aromatic carbocycles. The lowest BCUT2D eigenvalue weighted by atomic mass is 9.95. The second kappa shape index (κ2) is 11.4. The molecule has 2 fully saturated rings. The van der Waals surface area contributed by atoms with Gasteiger partial charge in [-0.1, -0.05) is 41.9 Å². The summed E-state index contributed by atoms with van der Waals surface area (Å²) in [4.78, 5) is 31.6. The van der Waals surface area contributed by atoms with Gasteiger partial charge in [-0.3, -0.25) is 9.69 Å². The Hall–Kier alpha value is -2.77. The molecule has 1 N–H and O–H groups in total. The van der Waals surface area contributed by atoms with Gasteiger partial charge in [-0.25, -0.2) is 4.79 Å². The molecule has 0 unspecified atom stereocenters. The highest BCUT2D eigenvalue weighted by Crippen LogP contribution is 2.23. The van der Waals surface area contributed by atoms with Gasteiger partial charge in [0.1, 0.15) is 12.4 Å². The molecule has 0 bridgehead atoms. The van der Waals surface area contributed by atoms with Crippen LogP contribution < -0.4 is 10.1 Å². The van der Waals surface area contributed by atoms with E-state index < -0.39 is 0 Å². The number of amides is 3. The van der Waals surface area contributed by atoms with Crippen molar-refractivity contribution < 1.29 is 14.3 Å². The van der Waals surface area contributed by atoms with Crippen molar-refractivity contribution in [3.05, 3.63) is 59.6 Å². The van der Waals surface area contributed by atoms with Crippen molar-refractivity contribution in [1.82, 2.24) is 14.7 Å². The van der Waals surface area contributed by atoms with Crippen molar-refractivity contribution in [3.8, 4) is 5.75 Å². The molecule has 0 radical (unpaired) electrons. The lowest BCUT2D eigenvalue weighted by Gasteiger charge is -2.38. The zero-order valence-electron chi connectivity index (χ0n) is 18.8. The van der Waals surface area contributed by atoms with Crippen LogP contribution in [0, 0.1) is 5.92 Å². The van der Waals surface area contributed by atoms with Crippen molar-refractivity contribution in [1.29, 1.82) is 0 Å². The first kappa shape index (κ1) is 23.4. The minimum Gasteiger partial charge on any atom is -0.491 e. The fraction of sp³-hybridized carbons (Fsp3) is 0.440. The standard InChI is InChI=1S/C25H31ClN4O3/c26-22-8-4-5-9-23(22)33-19-18-28-14-16-29(17-15-28)24(31)20-10-12-30(13-11-20)25(32)27-21-6-2-1-3-7-21/h1-9,20H,10-19H2,(H,27,32). The number of hydrogen-bond acceptors (Lipinski definition) is 4. The number of benzene rings is 2. The Bertz CT molecular complexity index is 926. The summed E-state index contributed by atoms with van der Waals surface area (Å²) in [5.74, 6) is 0.933. The van der Waals surface area contributed by atoms with Gasteiger partial charge in [0.2, 0.25) is 5.91 Å². The largest absolute Gasteiger partial charge is 0.491 e. The molecule has 2 aliphatic heterocycles. The summed E-state index contributed by atoms with van der Waals surface area (Å²) in [6.45, 7) is 5.75. The monoisotopic (exact) mass is 470 g/mol. The second-order valence-electron chi connectivity index (χ2n) is 8.50. The molecule has 2 aliphatic rings. The van der Waals surface area contributed by atoms with Crippen molar-refractivity contribution in [2.45, 2.75) is 12.8 Å². The van der Waals surface area contributed by atoms with E-state index in [1.807, 2.05) is 59.5 Å². The summed E-state index contributed by atoms with van der Waals surface area (Å²) in [5.41, 5.74) is 0.788. The van der Waals surface area contributed by atoms with Gasteiger partial charge in [-0.2, -0.15) is 0 Å². The number of anilines is 1. The summed E-state index contributed by atoms with van der Waals surface area (Å²) in [5, 5.41) is 3.54. The Labute approximate surface area is 200 Å². The van der Waals surface area contributed by atoms with Gasteiger partial charge in [-0.15, -0.1) is 0 Å². The topological polar surface area (TPSA) is 65.1 Å². The van der Waals surface area contributed by atoms with Crippen LogP contribution in [0.2, 0.25) is 5.02 Å². The highest BCUT2D eigenvalue weighted by molar-refractivity contribution is 6.32. The third kappa shape index (κ3) is 6.39. The third-order valence-electron chi connectivity index (χ3n) is 6.34. The lowest BCUT2D eigenvalue weighted by molar-refractivity contribution is -0.138. The van der Waals surface area contributed by atoms with Crippen LogP contribution in [0.1, 0.15) is 12.8 Å². The first-order chi connectivity index (χ1) is 16.1. The van der Waals surface area contributed by atoms with E-state index >= 15 is 0 Å². The van der Waals surface area contributed by atoms with Crippen molar-refractivity contribution >= 4 is 29.2 Å². The molecule has 3 amide bonds. The van der Waals surface area contributed by atoms with Crippen LogP contribution >= 0.6 is 11.6 Å². The molecule has 0 aromatic heterocycles. The highest BCUT2D eigenvalue weighted by Gasteiger charge is 2.31. The van der Waals surface area contributed by atoms with E-state index in [9.17, 15) is 9.59 Å². The number of rotatable bonds is 6. The van der Waals surface area contributed by atoms with Crippen molar-refractivity contribution in [2.24, 2.45) is 5.92 Å². The predicted molar refractivity (Wildman–Crippen MR) is 130 cm³/mol. The van der Waals surface area contributed by atoms with Crippen LogP contribution in [-0.4, -0.2) is 79.1 Å². The predicted octanol–water partition coefficient (Wildman–Crippen LogP) is 3.81. The zero-order chi connectivity index (χ0) is 23.0. The van der Waals surface area contributed by atoms with Crippen LogP contribution in [0.5, 0.6) is 5.75 Å². The molecular formula is C25H31ClN4O3. The molecule has 33 heavy (non-hydrogen) atoms. The number of piperazine rings is 1. The number of nitrogens with one attached hydrogen (secondary N) is 1. The molecule has 4 rings (SSSR count). The van der Waals surface area contributed by atoms with Crippen LogP contribution in [0.25, 0.3) is 0 Å². The number of likely N-dealkylation sites (tertiary alicyclic amines) is 1. The Kier molecular flexibility index (Phi) is 8.07. The first-order valence-electron chi connectivity index (χ1n) is 11.6. The zero-order valence-corrected chi connectivity index (χ0v) is 19.5. The maximum Gasteiger partial charge on any atom is 0.321 e. The Morgan fingerprint density at radius 3 is 2.24 bits per heavy atom. The molecule has 2 saturated heterocycles. The van der Waals surface area contributed by atoms with Crippen LogP contribution in [-0.2, 0) is 4.79 Å². The first-order valence-corrected chi connectivity index (χ1v) is 12.0. The Balaban J connectivity index is 1.15. The Morgan fingerprint density at radius 2 is 1.55 bits per heavy atom. The van der Waals surface area contributed by atoms with E-state index in [2.05, 4.69) is 10.2 Å². The summed E-state index contributed by atoms with van der Waals surface area (Å²) >= 11 is 6.13. The van der Waals surface area contributed by atoms with Gasteiger partial charge in [0.05, 0.1) is 5.02 Å². The number of para-hydroxylation sites is 2. The normalized spacial score (nSPS) is 17.6. The summed E-state index contributed by atoms with van der Waals surface area (Å²) in [7, 11) is 0. The number of piperidine rings is 1. The van der Waals surface area contributed by atoms with Gasteiger partial charge in [0.15, 0.2) is 0 Å². The van der Waals surface area contributed by atoms with E-state index in [1.54, 1.807) is 4.90 Å². The fourth-order valence-electron chi connectivity index (χ4n) is 4.35. The van der Waals surface area contributed by atoms with Crippen LogP contribution in [0.15, 0.2) is 54.6 Å². The average molecular weight is 471 g/mol. The molecule has 7 nitrogen and oxygen atoms in total. The van der Waals surface area contributed by atoms with Gasteiger partial charge in [-0.05, 0) is 37.1 Å². The Morgan fingerprint density at radius 1 is 0.879 bits per heavy atom.